The number of carbonyl (C=O) groups is 1. The first-order chi connectivity index (χ1) is 8.45. The number of aliphatic hydroxyl groups excluding tert-OH is 1. The lowest BCUT2D eigenvalue weighted by atomic mass is 10.1. The number of carbonyl (C=O) groups excluding carboxylic acids is 1. The zero-order valence-corrected chi connectivity index (χ0v) is 10.8. The van der Waals surface area contributed by atoms with Crippen molar-refractivity contribution in [3.63, 3.8) is 0 Å². The zero-order chi connectivity index (χ0) is 13.7. The molecule has 1 aromatic carbocycles. The predicted octanol–water partition coefficient (Wildman–Crippen LogP) is 1.25. The van der Waals surface area contributed by atoms with Gasteiger partial charge in [-0.25, -0.2) is 0 Å². The van der Waals surface area contributed by atoms with E-state index in [0.29, 0.717) is 17.1 Å². The first-order valence-corrected chi connectivity index (χ1v) is 5.73. The van der Waals surface area contributed by atoms with E-state index in [9.17, 15) is 9.90 Å². The van der Waals surface area contributed by atoms with E-state index in [2.05, 4.69) is 0 Å². The van der Waals surface area contributed by atoms with Crippen molar-refractivity contribution in [2.24, 2.45) is 11.7 Å². The van der Waals surface area contributed by atoms with E-state index in [1.807, 2.05) is 0 Å². The Morgan fingerprint density at radius 2 is 2.11 bits per heavy atom. The maximum Gasteiger partial charge on any atom is 0.223 e. The number of methoxy groups -OCH3 is 1. The molecule has 1 unspecified atom stereocenters. The molecule has 0 aliphatic heterocycles. The summed E-state index contributed by atoms with van der Waals surface area (Å²) < 4.78 is 10.6. The Kier molecular flexibility index (Phi) is 4.97. The zero-order valence-electron chi connectivity index (χ0n) is 10.8. The highest BCUT2D eigenvalue weighted by Gasteiger charge is 2.14. The summed E-state index contributed by atoms with van der Waals surface area (Å²) in [6.45, 7) is 3.50. The van der Waals surface area contributed by atoms with Crippen molar-refractivity contribution in [2.45, 2.75) is 20.0 Å². The van der Waals surface area contributed by atoms with E-state index in [1.165, 1.54) is 0 Å². The standard InChI is InChI=1S/C13H19NO4/c1-8(13(14)16)7-18-12-6-10(17-3)4-5-11(12)9(2)15/h4-6,8-9,15H,7H2,1-3H3,(H2,14,16)/t8?,9-/m0/s1. The number of ether oxygens (including phenoxy) is 2. The third-order valence-corrected chi connectivity index (χ3v) is 2.65. The smallest absolute Gasteiger partial charge is 0.223 e. The van der Waals surface area contributed by atoms with Gasteiger partial charge in [0.25, 0.3) is 0 Å². The number of nitrogens with two attached hydrogens (primary N) is 1. The summed E-state index contributed by atoms with van der Waals surface area (Å²) in [6.07, 6.45) is -0.658. The third-order valence-electron chi connectivity index (χ3n) is 2.65. The average Bonchev–Trinajstić information content (AvgIpc) is 2.34. The minimum absolute atomic E-state index is 0.169. The van der Waals surface area contributed by atoms with Gasteiger partial charge in [0.1, 0.15) is 11.5 Å². The molecule has 0 aromatic heterocycles. The maximum atomic E-state index is 10.9. The highest BCUT2D eigenvalue weighted by Crippen LogP contribution is 2.29. The maximum absolute atomic E-state index is 10.9. The molecule has 0 fully saturated rings. The van der Waals surface area contributed by atoms with Crippen molar-refractivity contribution in [2.75, 3.05) is 13.7 Å². The van der Waals surface area contributed by atoms with Crippen molar-refractivity contribution >= 4 is 5.91 Å². The molecule has 0 bridgehead atoms. The summed E-state index contributed by atoms with van der Waals surface area (Å²) in [5, 5.41) is 9.63. The molecule has 2 atom stereocenters. The van der Waals surface area contributed by atoms with Crippen molar-refractivity contribution in [3.05, 3.63) is 23.8 Å². The molecule has 0 spiro atoms. The van der Waals surface area contributed by atoms with E-state index >= 15 is 0 Å². The number of benzene rings is 1. The largest absolute Gasteiger partial charge is 0.497 e. The van der Waals surface area contributed by atoms with Crippen LogP contribution >= 0.6 is 0 Å². The fourth-order valence-corrected chi connectivity index (χ4v) is 1.41. The Balaban J connectivity index is 2.87. The van der Waals surface area contributed by atoms with Crippen molar-refractivity contribution in [3.8, 4) is 11.5 Å². The van der Waals surface area contributed by atoms with Gasteiger partial charge in [-0.05, 0) is 19.1 Å². The third kappa shape index (κ3) is 3.63. The highest BCUT2D eigenvalue weighted by molar-refractivity contribution is 5.76. The lowest BCUT2D eigenvalue weighted by molar-refractivity contribution is -0.122. The van der Waals surface area contributed by atoms with Crippen LogP contribution in [0.5, 0.6) is 11.5 Å². The molecule has 0 saturated carbocycles. The summed E-state index contributed by atoms with van der Waals surface area (Å²) in [5.41, 5.74) is 5.81. The number of hydrogen-bond acceptors (Lipinski definition) is 4. The molecule has 18 heavy (non-hydrogen) atoms. The molecular weight excluding hydrogens is 234 g/mol. The number of rotatable bonds is 6. The van der Waals surface area contributed by atoms with Crippen LogP contribution in [0, 0.1) is 5.92 Å². The normalized spacial score (nSPS) is 13.8. The van der Waals surface area contributed by atoms with E-state index in [1.54, 1.807) is 39.2 Å². The molecule has 3 N–H and O–H groups in total. The quantitative estimate of drug-likeness (QED) is 0.799. The summed E-state index contributed by atoms with van der Waals surface area (Å²) in [5.74, 6) is 0.313. The molecule has 5 nitrogen and oxygen atoms in total. The van der Waals surface area contributed by atoms with Crippen LogP contribution in [0.4, 0.5) is 0 Å². The lowest BCUT2D eigenvalue weighted by Crippen LogP contribution is -2.26. The van der Waals surface area contributed by atoms with Gasteiger partial charge < -0.3 is 20.3 Å². The first kappa shape index (κ1) is 14.3. The SMILES string of the molecule is COc1ccc([C@H](C)O)c(OCC(C)C(N)=O)c1. The molecule has 1 aromatic rings. The van der Waals surface area contributed by atoms with Gasteiger partial charge in [-0.15, -0.1) is 0 Å². The lowest BCUT2D eigenvalue weighted by Gasteiger charge is -2.16. The van der Waals surface area contributed by atoms with Gasteiger partial charge in [0.15, 0.2) is 0 Å². The van der Waals surface area contributed by atoms with Gasteiger partial charge in [-0.1, -0.05) is 6.92 Å². The summed E-state index contributed by atoms with van der Waals surface area (Å²) in [4.78, 5) is 10.9. The summed E-state index contributed by atoms with van der Waals surface area (Å²) in [7, 11) is 1.55. The van der Waals surface area contributed by atoms with E-state index in [4.69, 9.17) is 15.2 Å². The van der Waals surface area contributed by atoms with Crippen LogP contribution < -0.4 is 15.2 Å². The first-order valence-electron chi connectivity index (χ1n) is 5.73. The van der Waals surface area contributed by atoms with Gasteiger partial charge in [0, 0.05) is 11.6 Å². The summed E-state index contributed by atoms with van der Waals surface area (Å²) in [6, 6.07) is 5.15. The number of primary amides is 1. The molecular formula is C13H19NO4. The minimum atomic E-state index is -0.658. The van der Waals surface area contributed by atoms with E-state index < -0.39 is 17.9 Å². The fraction of sp³-hybridized carbons (Fsp3) is 0.462. The summed E-state index contributed by atoms with van der Waals surface area (Å²) >= 11 is 0. The van der Waals surface area contributed by atoms with E-state index in [-0.39, 0.29) is 6.61 Å². The van der Waals surface area contributed by atoms with Crippen molar-refractivity contribution in [1.82, 2.24) is 0 Å². The Morgan fingerprint density at radius 3 is 2.61 bits per heavy atom. The monoisotopic (exact) mass is 253 g/mol. The molecule has 1 rings (SSSR count). The van der Waals surface area contributed by atoms with Gasteiger partial charge in [-0.2, -0.15) is 0 Å². The van der Waals surface area contributed by atoms with Crippen LogP contribution in [-0.2, 0) is 4.79 Å². The fourth-order valence-electron chi connectivity index (χ4n) is 1.41. The Bertz CT molecular complexity index is 417. The molecule has 1 amide bonds. The predicted molar refractivity (Wildman–Crippen MR) is 67.5 cm³/mol. The topological polar surface area (TPSA) is 81.8 Å². The van der Waals surface area contributed by atoms with Crippen molar-refractivity contribution in [1.29, 1.82) is 0 Å². The molecule has 0 saturated heterocycles. The van der Waals surface area contributed by atoms with Gasteiger partial charge >= 0.3 is 0 Å². The second-order valence-corrected chi connectivity index (χ2v) is 4.19. The average molecular weight is 253 g/mol. The number of aliphatic hydroxyl groups is 1. The molecule has 0 aliphatic carbocycles. The molecule has 0 heterocycles. The van der Waals surface area contributed by atoms with Crippen LogP contribution in [0.1, 0.15) is 25.5 Å². The molecule has 5 heteroatoms. The number of amides is 1. The molecule has 100 valence electrons. The van der Waals surface area contributed by atoms with Gasteiger partial charge in [-0.3, -0.25) is 4.79 Å². The Morgan fingerprint density at radius 1 is 1.44 bits per heavy atom. The van der Waals surface area contributed by atoms with Crippen LogP contribution in [-0.4, -0.2) is 24.7 Å². The highest BCUT2D eigenvalue weighted by atomic mass is 16.5. The van der Waals surface area contributed by atoms with Crippen LogP contribution in [0.2, 0.25) is 0 Å². The Hall–Kier alpha value is -1.75. The Labute approximate surface area is 107 Å². The second kappa shape index (κ2) is 6.26. The minimum Gasteiger partial charge on any atom is -0.497 e. The molecule has 0 aliphatic rings. The van der Waals surface area contributed by atoms with Crippen LogP contribution in [0.3, 0.4) is 0 Å². The van der Waals surface area contributed by atoms with E-state index in [0.717, 1.165) is 0 Å². The number of hydrogen-bond donors (Lipinski definition) is 2. The van der Waals surface area contributed by atoms with Gasteiger partial charge in [0.2, 0.25) is 5.91 Å². The second-order valence-electron chi connectivity index (χ2n) is 4.19. The van der Waals surface area contributed by atoms with Crippen molar-refractivity contribution < 1.29 is 19.4 Å². The van der Waals surface area contributed by atoms with Gasteiger partial charge in [0.05, 0.1) is 25.7 Å². The van der Waals surface area contributed by atoms with Crippen LogP contribution in [0.15, 0.2) is 18.2 Å². The van der Waals surface area contributed by atoms with Crippen LogP contribution in [0.25, 0.3) is 0 Å². The molecule has 0 radical (unpaired) electrons.